The van der Waals surface area contributed by atoms with Crippen molar-refractivity contribution in [1.29, 1.82) is 0 Å². The van der Waals surface area contributed by atoms with Gasteiger partial charge < -0.3 is 10.2 Å². The lowest BCUT2D eigenvalue weighted by molar-refractivity contribution is 0.415. The van der Waals surface area contributed by atoms with E-state index in [-0.39, 0.29) is 0 Å². The fraction of sp³-hybridized carbons (Fsp3) is 0.538. The van der Waals surface area contributed by atoms with Gasteiger partial charge in [-0.1, -0.05) is 13.3 Å². The van der Waals surface area contributed by atoms with E-state index in [1.165, 1.54) is 0 Å². The van der Waals surface area contributed by atoms with E-state index in [0.29, 0.717) is 11.6 Å². The Labute approximate surface area is 101 Å². The summed E-state index contributed by atoms with van der Waals surface area (Å²) in [7, 11) is 0. The third-order valence-electron chi connectivity index (χ3n) is 3.13. The minimum atomic E-state index is 0.669. The van der Waals surface area contributed by atoms with E-state index in [2.05, 4.69) is 16.9 Å². The van der Waals surface area contributed by atoms with E-state index >= 15 is 0 Å². The Bertz CT molecular complexity index is 433. The Hall–Kier alpha value is -1.42. The molecule has 17 heavy (non-hydrogen) atoms. The van der Waals surface area contributed by atoms with Crippen LogP contribution in [0.3, 0.4) is 0 Å². The first kappa shape index (κ1) is 12.0. The number of pyridine rings is 1. The summed E-state index contributed by atoms with van der Waals surface area (Å²) >= 11 is 0. The lowest BCUT2D eigenvalue weighted by atomic mass is 9.97. The Morgan fingerprint density at radius 2 is 2.29 bits per heavy atom. The minimum Gasteiger partial charge on any atom is -0.439 e. The predicted octanol–water partition coefficient (Wildman–Crippen LogP) is 2.53. The maximum absolute atomic E-state index is 5.64. The highest BCUT2D eigenvalue weighted by molar-refractivity contribution is 5.66. The molecule has 0 aliphatic carbocycles. The molecule has 0 saturated heterocycles. The van der Waals surface area contributed by atoms with Crippen LogP contribution in [0.2, 0.25) is 0 Å². The van der Waals surface area contributed by atoms with E-state index < -0.39 is 0 Å². The highest BCUT2D eigenvalue weighted by Crippen LogP contribution is 2.18. The van der Waals surface area contributed by atoms with Crippen molar-refractivity contribution in [2.24, 2.45) is 11.7 Å². The molecule has 0 aliphatic heterocycles. The van der Waals surface area contributed by atoms with Crippen LogP contribution in [-0.2, 0) is 6.42 Å². The summed E-state index contributed by atoms with van der Waals surface area (Å²) < 4.78 is 5.64. The number of oxazole rings is 1. The predicted molar refractivity (Wildman–Crippen MR) is 67.6 cm³/mol. The minimum absolute atomic E-state index is 0.669. The molecule has 0 radical (unpaired) electrons. The number of hydrogen-bond acceptors (Lipinski definition) is 4. The molecule has 0 fully saturated rings. The van der Waals surface area contributed by atoms with Gasteiger partial charge in [0.1, 0.15) is 0 Å². The van der Waals surface area contributed by atoms with Crippen LogP contribution in [0.4, 0.5) is 0 Å². The smallest absolute Gasteiger partial charge is 0.198 e. The summed E-state index contributed by atoms with van der Waals surface area (Å²) in [5, 5.41) is 0. The fourth-order valence-electron chi connectivity index (χ4n) is 2.04. The number of nitrogens with two attached hydrogens (primary N) is 1. The second-order valence-electron chi connectivity index (χ2n) is 4.32. The zero-order valence-electron chi connectivity index (χ0n) is 10.2. The van der Waals surface area contributed by atoms with Crippen LogP contribution in [0, 0.1) is 5.92 Å². The van der Waals surface area contributed by atoms with Crippen LogP contribution in [0.25, 0.3) is 11.2 Å². The molecule has 2 rings (SSSR count). The SMILES string of the molecule is CCC(CCN)CCc1nc2ncccc2o1. The number of nitrogens with zero attached hydrogens (tertiary/aromatic N) is 2. The van der Waals surface area contributed by atoms with Crippen LogP contribution in [-0.4, -0.2) is 16.5 Å². The first-order valence-corrected chi connectivity index (χ1v) is 6.24. The van der Waals surface area contributed by atoms with Gasteiger partial charge in [-0.3, -0.25) is 0 Å². The van der Waals surface area contributed by atoms with Gasteiger partial charge in [0.15, 0.2) is 17.1 Å². The van der Waals surface area contributed by atoms with Crippen molar-refractivity contribution in [3.63, 3.8) is 0 Å². The Balaban J connectivity index is 1.98. The highest BCUT2D eigenvalue weighted by atomic mass is 16.3. The number of aryl methyl sites for hydroxylation is 1. The molecule has 4 nitrogen and oxygen atoms in total. The molecule has 0 spiro atoms. The summed E-state index contributed by atoms with van der Waals surface area (Å²) in [5.74, 6) is 1.46. The number of rotatable bonds is 6. The molecule has 2 N–H and O–H groups in total. The average molecular weight is 233 g/mol. The second kappa shape index (κ2) is 5.77. The van der Waals surface area contributed by atoms with Gasteiger partial charge in [-0.05, 0) is 37.4 Å². The van der Waals surface area contributed by atoms with Crippen LogP contribution >= 0.6 is 0 Å². The molecule has 0 aliphatic rings. The first-order chi connectivity index (χ1) is 8.33. The lowest BCUT2D eigenvalue weighted by Crippen LogP contribution is -2.09. The van der Waals surface area contributed by atoms with Gasteiger partial charge in [0.25, 0.3) is 0 Å². The standard InChI is InChI=1S/C13H19N3O/c1-2-10(7-8-14)5-6-12-16-13-11(17-12)4-3-9-15-13/h3-4,9-10H,2,5-8,14H2,1H3. The van der Waals surface area contributed by atoms with Gasteiger partial charge >= 0.3 is 0 Å². The van der Waals surface area contributed by atoms with Crippen molar-refractivity contribution < 1.29 is 4.42 Å². The van der Waals surface area contributed by atoms with E-state index in [1.807, 2.05) is 12.1 Å². The number of aromatic nitrogens is 2. The largest absolute Gasteiger partial charge is 0.439 e. The van der Waals surface area contributed by atoms with Crippen molar-refractivity contribution in [3.05, 3.63) is 24.2 Å². The van der Waals surface area contributed by atoms with Gasteiger partial charge in [0.2, 0.25) is 0 Å². The molecule has 0 bridgehead atoms. The van der Waals surface area contributed by atoms with Gasteiger partial charge in [0.05, 0.1) is 0 Å². The molecule has 0 amide bonds. The van der Waals surface area contributed by atoms with E-state index in [9.17, 15) is 0 Å². The summed E-state index contributed by atoms with van der Waals surface area (Å²) in [4.78, 5) is 8.53. The molecular formula is C13H19N3O. The maximum Gasteiger partial charge on any atom is 0.198 e. The molecular weight excluding hydrogens is 214 g/mol. The Morgan fingerprint density at radius 1 is 1.41 bits per heavy atom. The fourth-order valence-corrected chi connectivity index (χ4v) is 2.04. The van der Waals surface area contributed by atoms with Crippen molar-refractivity contribution in [1.82, 2.24) is 9.97 Å². The molecule has 4 heteroatoms. The Morgan fingerprint density at radius 3 is 3.00 bits per heavy atom. The topological polar surface area (TPSA) is 64.9 Å². The zero-order chi connectivity index (χ0) is 12.1. The third-order valence-corrected chi connectivity index (χ3v) is 3.13. The van der Waals surface area contributed by atoms with Crippen molar-refractivity contribution >= 4 is 11.2 Å². The van der Waals surface area contributed by atoms with Crippen molar-refractivity contribution in [3.8, 4) is 0 Å². The third kappa shape index (κ3) is 3.03. The summed E-state index contributed by atoms with van der Waals surface area (Å²) in [6.45, 7) is 2.96. The second-order valence-corrected chi connectivity index (χ2v) is 4.32. The number of fused-ring (bicyclic) bond motifs is 1. The first-order valence-electron chi connectivity index (χ1n) is 6.24. The summed E-state index contributed by atoms with van der Waals surface area (Å²) in [6.07, 6.45) is 5.93. The monoisotopic (exact) mass is 233 g/mol. The molecule has 1 atom stereocenters. The lowest BCUT2D eigenvalue weighted by Gasteiger charge is -2.11. The summed E-state index contributed by atoms with van der Waals surface area (Å²) in [6, 6.07) is 3.76. The molecule has 0 aromatic carbocycles. The van der Waals surface area contributed by atoms with E-state index in [1.54, 1.807) is 6.20 Å². The van der Waals surface area contributed by atoms with Crippen LogP contribution in [0.15, 0.2) is 22.7 Å². The highest BCUT2D eigenvalue weighted by Gasteiger charge is 2.10. The number of hydrogen-bond donors (Lipinski definition) is 1. The van der Waals surface area contributed by atoms with Crippen LogP contribution in [0.5, 0.6) is 0 Å². The van der Waals surface area contributed by atoms with Gasteiger partial charge in [-0.15, -0.1) is 0 Å². The quantitative estimate of drug-likeness (QED) is 0.832. The maximum atomic E-state index is 5.64. The van der Waals surface area contributed by atoms with Gasteiger partial charge in [-0.25, -0.2) is 4.98 Å². The van der Waals surface area contributed by atoms with Crippen LogP contribution < -0.4 is 5.73 Å². The van der Waals surface area contributed by atoms with Crippen molar-refractivity contribution in [2.45, 2.75) is 32.6 Å². The molecule has 2 aromatic rings. The van der Waals surface area contributed by atoms with E-state index in [0.717, 1.165) is 43.7 Å². The van der Waals surface area contributed by atoms with Crippen LogP contribution in [0.1, 0.15) is 32.1 Å². The summed E-state index contributed by atoms with van der Waals surface area (Å²) in [5.41, 5.74) is 7.06. The zero-order valence-corrected chi connectivity index (χ0v) is 10.2. The van der Waals surface area contributed by atoms with E-state index in [4.69, 9.17) is 10.2 Å². The Kier molecular flexibility index (Phi) is 4.09. The molecule has 2 aromatic heterocycles. The van der Waals surface area contributed by atoms with Crippen molar-refractivity contribution in [2.75, 3.05) is 6.54 Å². The molecule has 2 heterocycles. The molecule has 0 saturated carbocycles. The van der Waals surface area contributed by atoms with Gasteiger partial charge in [0, 0.05) is 12.6 Å². The normalized spacial score (nSPS) is 13.1. The molecule has 1 unspecified atom stereocenters. The average Bonchev–Trinajstić information content (AvgIpc) is 2.77. The van der Waals surface area contributed by atoms with Gasteiger partial charge in [-0.2, -0.15) is 4.98 Å². The molecule has 92 valence electrons.